The highest BCUT2D eigenvalue weighted by Crippen LogP contribution is 2.04. The molecular weight excluding hydrogens is 222 g/mol. The maximum Gasteiger partial charge on any atom is 0.230 e. The Balaban J connectivity index is 3.39. The predicted octanol–water partition coefficient (Wildman–Crippen LogP) is 2.19. The van der Waals surface area contributed by atoms with E-state index < -0.39 is 0 Å². The van der Waals surface area contributed by atoms with E-state index in [4.69, 9.17) is 5.11 Å². The molecule has 1 unspecified atom stereocenters. The van der Waals surface area contributed by atoms with Gasteiger partial charge in [-0.05, 0) is 25.5 Å². The van der Waals surface area contributed by atoms with Crippen molar-refractivity contribution < 1.29 is 9.90 Å². The number of rotatable bonds is 10. The smallest absolute Gasteiger partial charge is 0.230 e. The fourth-order valence-corrected chi connectivity index (χ4v) is 2.17. The van der Waals surface area contributed by atoms with Crippen molar-refractivity contribution in [3.05, 3.63) is 0 Å². The molecular formula is C12H25NO2S. The van der Waals surface area contributed by atoms with Gasteiger partial charge in [0.05, 0.1) is 5.75 Å². The quantitative estimate of drug-likeness (QED) is 0.582. The largest absolute Gasteiger partial charge is 0.396 e. The minimum atomic E-state index is 0.118. The number of carbonyl (C=O) groups is 1. The van der Waals surface area contributed by atoms with Gasteiger partial charge in [0.1, 0.15) is 0 Å². The van der Waals surface area contributed by atoms with Gasteiger partial charge in [-0.15, -0.1) is 0 Å². The maximum atomic E-state index is 11.5. The fraction of sp³-hybridized carbons (Fsp3) is 0.917. The van der Waals surface area contributed by atoms with E-state index in [2.05, 4.69) is 19.2 Å². The first-order chi connectivity index (χ1) is 7.70. The fourth-order valence-electron chi connectivity index (χ4n) is 1.42. The Bertz CT molecular complexity index is 176. The van der Waals surface area contributed by atoms with Crippen LogP contribution in [0.5, 0.6) is 0 Å². The SMILES string of the molecule is CCCCCC(C)NC(=O)CSCCCO. The van der Waals surface area contributed by atoms with Gasteiger partial charge < -0.3 is 10.4 Å². The molecule has 0 bridgehead atoms. The summed E-state index contributed by atoms with van der Waals surface area (Å²) < 4.78 is 0. The molecule has 0 heterocycles. The number of carbonyl (C=O) groups excluding carboxylic acids is 1. The van der Waals surface area contributed by atoms with Gasteiger partial charge in [-0.2, -0.15) is 11.8 Å². The van der Waals surface area contributed by atoms with Gasteiger partial charge in [0.2, 0.25) is 5.91 Å². The van der Waals surface area contributed by atoms with Crippen LogP contribution in [0.15, 0.2) is 0 Å². The van der Waals surface area contributed by atoms with Crippen LogP contribution in [-0.4, -0.2) is 35.2 Å². The molecule has 0 saturated carbocycles. The third kappa shape index (κ3) is 10.3. The molecule has 0 rings (SSSR count). The van der Waals surface area contributed by atoms with Gasteiger partial charge in [-0.1, -0.05) is 26.2 Å². The summed E-state index contributed by atoms with van der Waals surface area (Å²) >= 11 is 1.58. The summed E-state index contributed by atoms with van der Waals surface area (Å²) in [5, 5.41) is 11.6. The molecule has 0 radical (unpaired) electrons. The van der Waals surface area contributed by atoms with Crippen molar-refractivity contribution in [1.29, 1.82) is 0 Å². The third-order valence-electron chi connectivity index (χ3n) is 2.33. The number of hydrogen-bond acceptors (Lipinski definition) is 3. The topological polar surface area (TPSA) is 49.3 Å². The van der Waals surface area contributed by atoms with Crippen LogP contribution in [0.2, 0.25) is 0 Å². The first kappa shape index (κ1) is 15.8. The summed E-state index contributed by atoms with van der Waals surface area (Å²) in [4.78, 5) is 11.5. The molecule has 0 aliphatic carbocycles. The number of aliphatic hydroxyl groups excluding tert-OH is 1. The minimum Gasteiger partial charge on any atom is -0.396 e. The van der Waals surface area contributed by atoms with Crippen molar-refractivity contribution in [2.75, 3.05) is 18.1 Å². The lowest BCUT2D eigenvalue weighted by atomic mass is 10.1. The monoisotopic (exact) mass is 247 g/mol. The van der Waals surface area contributed by atoms with E-state index in [0.717, 1.165) is 18.6 Å². The highest BCUT2D eigenvalue weighted by Gasteiger charge is 2.06. The van der Waals surface area contributed by atoms with Gasteiger partial charge in [0.15, 0.2) is 0 Å². The van der Waals surface area contributed by atoms with E-state index in [9.17, 15) is 4.79 Å². The molecule has 0 aliphatic rings. The highest BCUT2D eigenvalue weighted by molar-refractivity contribution is 7.99. The molecule has 0 spiro atoms. The summed E-state index contributed by atoms with van der Waals surface area (Å²) in [6, 6.07) is 0.289. The molecule has 0 aromatic carbocycles. The zero-order chi connectivity index (χ0) is 12.2. The molecule has 4 heteroatoms. The molecule has 2 N–H and O–H groups in total. The van der Waals surface area contributed by atoms with Crippen molar-refractivity contribution in [3.63, 3.8) is 0 Å². The van der Waals surface area contributed by atoms with Crippen LogP contribution in [0.1, 0.15) is 46.0 Å². The number of amides is 1. The Kier molecular flexibility index (Phi) is 11.1. The summed E-state index contributed by atoms with van der Waals surface area (Å²) in [6.07, 6.45) is 5.49. The van der Waals surface area contributed by atoms with Crippen LogP contribution >= 0.6 is 11.8 Å². The Labute approximate surface area is 103 Å². The zero-order valence-corrected chi connectivity index (χ0v) is 11.3. The number of nitrogens with one attached hydrogen (secondary N) is 1. The van der Waals surface area contributed by atoms with Crippen molar-refractivity contribution >= 4 is 17.7 Å². The molecule has 1 atom stereocenters. The van der Waals surface area contributed by atoms with Gasteiger partial charge in [0, 0.05) is 12.6 Å². The molecule has 16 heavy (non-hydrogen) atoms. The number of thioether (sulfide) groups is 1. The molecule has 0 aromatic heterocycles. The van der Waals surface area contributed by atoms with E-state index in [1.165, 1.54) is 19.3 Å². The minimum absolute atomic E-state index is 0.118. The van der Waals surface area contributed by atoms with Gasteiger partial charge in [-0.3, -0.25) is 4.79 Å². The van der Waals surface area contributed by atoms with E-state index in [-0.39, 0.29) is 18.6 Å². The standard InChI is InChI=1S/C12H25NO2S/c1-3-4-5-7-11(2)13-12(15)10-16-9-6-8-14/h11,14H,3-10H2,1-2H3,(H,13,15). The number of aliphatic hydroxyl groups is 1. The molecule has 0 fully saturated rings. The second-order valence-corrected chi connectivity index (χ2v) is 5.20. The number of unbranched alkanes of at least 4 members (excludes halogenated alkanes) is 2. The molecule has 0 saturated heterocycles. The van der Waals surface area contributed by atoms with E-state index >= 15 is 0 Å². The van der Waals surface area contributed by atoms with E-state index in [0.29, 0.717) is 5.75 Å². The first-order valence-corrected chi connectivity index (χ1v) is 7.34. The molecule has 1 amide bonds. The Hall–Kier alpha value is -0.220. The lowest BCUT2D eigenvalue weighted by Crippen LogP contribution is -2.33. The van der Waals surface area contributed by atoms with Crippen LogP contribution in [0.25, 0.3) is 0 Å². The van der Waals surface area contributed by atoms with Crippen LogP contribution < -0.4 is 5.32 Å². The van der Waals surface area contributed by atoms with Gasteiger partial charge in [0.25, 0.3) is 0 Å². The summed E-state index contributed by atoms with van der Waals surface area (Å²) in [6.45, 7) is 4.45. The van der Waals surface area contributed by atoms with E-state index in [1.54, 1.807) is 11.8 Å². The van der Waals surface area contributed by atoms with Crippen molar-refractivity contribution in [2.45, 2.75) is 52.0 Å². The Morgan fingerprint density at radius 1 is 1.38 bits per heavy atom. The summed E-state index contributed by atoms with van der Waals surface area (Å²) in [5.74, 6) is 1.48. The zero-order valence-electron chi connectivity index (χ0n) is 10.5. The van der Waals surface area contributed by atoms with Gasteiger partial charge in [-0.25, -0.2) is 0 Å². The van der Waals surface area contributed by atoms with Crippen molar-refractivity contribution in [1.82, 2.24) is 5.32 Å². The van der Waals surface area contributed by atoms with Crippen LogP contribution in [0.4, 0.5) is 0 Å². The highest BCUT2D eigenvalue weighted by atomic mass is 32.2. The third-order valence-corrected chi connectivity index (χ3v) is 3.37. The van der Waals surface area contributed by atoms with Crippen molar-refractivity contribution in [2.24, 2.45) is 0 Å². The average molecular weight is 247 g/mol. The second-order valence-electron chi connectivity index (χ2n) is 4.09. The molecule has 3 nitrogen and oxygen atoms in total. The summed E-state index contributed by atoms with van der Waals surface area (Å²) in [5.41, 5.74) is 0. The van der Waals surface area contributed by atoms with Crippen LogP contribution in [0.3, 0.4) is 0 Å². The van der Waals surface area contributed by atoms with Crippen molar-refractivity contribution in [3.8, 4) is 0 Å². The first-order valence-electron chi connectivity index (χ1n) is 6.18. The Morgan fingerprint density at radius 3 is 2.75 bits per heavy atom. The van der Waals surface area contributed by atoms with Crippen LogP contribution in [-0.2, 0) is 4.79 Å². The van der Waals surface area contributed by atoms with Gasteiger partial charge >= 0.3 is 0 Å². The van der Waals surface area contributed by atoms with Crippen LogP contribution in [0, 0.1) is 0 Å². The lowest BCUT2D eigenvalue weighted by Gasteiger charge is -2.13. The predicted molar refractivity (Wildman–Crippen MR) is 70.8 cm³/mol. The average Bonchev–Trinajstić information content (AvgIpc) is 2.25. The second kappa shape index (κ2) is 11.3. The molecule has 0 aromatic rings. The summed E-state index contributed by atoms with van der Waals surface area (Å²) in [7, 11) is 0. The lowest BCUT2D eigenvalue weighted by molar-refractivity contribution is -0.119. The molecule has 0 aliphatic heterocycles. The van der Waals surface area contributed by atoms with E-state index in [1.807, 2.05) is 0 Å². The Morgan fingerprint density at radius 2 is 2.12 bits per heavy atom. The maximum absolute atomic E-state index is 11.5. The number of hydrogen-bond donors (Lipinski definition) is 2. The normalized spacial score (nSPS) is 12.4. The molecule has 96 valence electrons.